The lowest BCUT2D eigenvalue weighted by Crippen LogP contribution is -2.65. The Morgan fingerprint density at radius 2 is 1.78 bits per heavy atom. The number of aromatic hydroxyl groups is 1. The number of carbonyl (C=O) groups is 3. The SMILES string of the molecule is CN(C)[C@H]1C(O)=C(C(N)=O)C(=O)C2(O)C(O)=C3C(=O)c4c(O)cccc4C(C)(O)C3CC12. The van der Waals surface area contributed by atoms with Crippen LogP contribution in [0.5, 0.6) is 5.75 Å². The van der Waals surface area contributed by atoms with Gasteiger partial charge in [-0.1, -0.05) is 12.1 Å². The number of ketones is 2. The molecule has 5 atom stereocenters. The third-order valence-corrected chi connectivity index (χ3v) is 7.02. The van der Waals surface area contributed by atoms with Crippen LogP contribution >= 0.6 is 0 Å². The number of phenols is 1. The molecule has 0 heterocycles. The van der Waals surface area contributed by atoms with Gasteiger partial charge in [-0.25, -0.2) is 0 Å². The van der Waals surface area contributed by atoms with E-state index in [2.05, 4.69) is 0 Å². The van der Waals surface area contributed by atoms with E-state index in [1.165, 1.54) is 44.1 Å². The third-order valence-electron chi connectivity index (χ3n) is 7.02. The first-order valence-electron chi connectivity index (χ1n) is 9.97. The molecule has 0 fully saturated rings. The van der Waals surface area contributed by atoms with Crippen LogP contribution in [-0.4, -0.2) is 73.6 Å². The van der Waals surface area contributed by atoms with E-state index in [1.54, 1.807) is 0 Å². The van der Waals surface area contributed by atoms with E-state index in [4.69, 9.17) is 5.73 Å². The van der Waals surface area contributed by atoms with Crippen molar-refractivity contribution in [2.24, 2.45) is 17.6 Å². The summed E-state index contributed by atoms with van der Waals surface area (Å²) in [7, 11) is 3.06. The second kappa shape index (κ2) is 6.64. The highest BCUT2D eigenvalue weighted by Crippen LogP contribution is 2.56. The predicted molar refractivity (Wildman–Crippen MR) is 110 cm³/mol. The van der Waals surface area contributed by atoms with Gasteiger partial charge in [0.05, 0.1) is 17.2 Å². The number of aliphatic hydroxyl groups excluding tert-OH is 2. The first-order chi connectivity index (χ1) is 14.8. The molecule has 3 aliphatic carbocycles. The van der Waals surface area contributed by atoms with Crippen LogP contribution in [0.4, 0.5) is 0 Å². The van der Waals surface area contributed by atoms with Crippen LogP contribution < -0.4 is 5.73 Å². The van der Waals surface area contributed by atoms with Gasteiger partial charge in [-0.05, 0) is 39.1 Å². The zero-order chi connectivity index (χ0) is 23.9. The Morgan fingerprint density at radius 3 is 2.34 bits per heavy atom. The number of rotatable bonds is 2. The van der Waals surface area contributed by atoms with Crippen LogP contribution in [0.3, 0.4) is 0 Å². The molecule has 10 heteroatoms. The largest absolute Gasteiger partial charge is 0.510 e. The Morgan fingerprint density at radius 1 is 1.16 bits per heavy atom. The van der Waals surface area contributed by atoms with Crippen molar-refractivity contribution in [3.8, 4) is 5.75 Å². The number of nitrogens with two attached hydrogens (primary N) is 1. The molecular formula is C22H24N2O8. The molecule has 0 saturated heterocycles. The summed E-state index contributed by atoms with van der Waals surface area (Å²) in [6.45, 7) is 1.40. The van der Waals surface area contributed by atoms with Gasteiger partial charge in [0.15, 0.2) is 11.4 Å². The minimum absolute atomic E-state index is 0.135. The number of hydrogen-bond acceptors (Lipinski definition) is 9. The number of likely N-dealkylation sites (N-methyl/N-ethyl adjacent to an activating group) is 1. The summed E-state index contributed by atoms with van der Waals surface area (Å²) in [5.41, 5.74) is -0.654. The Hall–Kier alpha value is -3.21. The standard InChI is InChI=1S/C22H24N2O8/c1-21(31)8-5-4-6-11(25)12(8)16(26)13-9(21)7-10-15(24(2)3)17(27)14(20(23)30)19(29)22(10,32)18(13)28/h4-6,9-10,15,25,27-28,31-32H,7H2,1-3H3,(H2,23,30)/t9?,10?,15-,21?,22?/m1/s1. The van der Waals surface area contributed by atoms with E-state index < -0.39 is 75.0 Å². The lowest BCUT2D eigenvalue weighted by molar-refractivity contribution is -0.151. The lowest BCUT2D eigenvalue weighted by atomic mass is 9.55. The Kier molecular flexibility index (Phi) is 4.57. The molecule has 32 heavy (non-hydrogen) atoms. The van der Waals surface area contributed by atoms with Crippen molar-refractivity contribution in [2.75, 3.05) is 14.1 Å². The monoisotopic (exact) mass is 444 g/mol. The second-order valence-electron chi connectivity index (χ2n) is 8.96. The van der Waals surface area contributed by atoms with Gasteiger partial charge in [-0.3, -0.25) is 19.3 Å². The quantitative estimate of drug-likeness (QED) is 0.336. The molecular weight excluding hydrogens is 420 g/mol. The van der Waals surface area contributed by atoms with Gasteiger partial charge in [-0.2, -0.15) is 0 Å². The van der Waals surface area contributed by atoms with Crippen molar-refractivity contribution in [2.45, 2.75) is 30.6 Å². The molecule has 0 spiro atoms. The first-order valence-corrected chi connectivity index (χ1v) is 9.97. The highest BCUT2D eigenvalue weighted by Gasteiger charge is 2.65. The van der Waals surface area contributed by atoms with Gasteiger partial charge in [0, 0.05) is 17.4 Å². The van der Waals surface area contributed by atoms with E-state index in [9.17, 15) is 39.9 Å². The summed E-state index contributed by atoms with van der Waals surface area (Å²) in [6, 6.07) is 3.05. The maximum atomic E-state index is 13.3. The summed E-state index contributed by atoms with van der Waals surface area (Å²) in [5, 5.41) is 55.0. The molecule has 0 bridgehead atoms. The van der Waals surface area contributed by atoms with Crippen LogP contribution in [0.15, 0.2) is 40.9 Å². The number of nitrogens with zero attached hydrogens (tertiary/aromatic N) is 1. The normalized spacial score (nSPS) is 34.4. The fourth-order valence-corrected chi connectivity index (χ4v) is 5.51. The topological polar surface area (TPSA) is 182 Å². The number of amides is 1. The van der Waals surface area contributed by atoms with Crippen LogP contribution in [0.1, 0.15) is 29.3 Å². The molecule has 10 nitrogen and oxygen atoms in total. The van der Waals surface area contributed by atoms with Crippen LogP contribution in [0.25, 0.3) is 0 Å². The van der Waals surface area contributed by atoms with Gasteiger partial charge in [0.2, 0.25) is 5.78 Å². The van der Waals surface area contributed by atoms with Crippen molar-refractivity contribution in [3.63, 3.8) is 0 Å². The van der Waals surface area contributed by atoms with Crippen molar-refractivity contribution in [3.05, 3.63) is 52.0 Å². The number of carbonyl (C=O) groups excluding carboxylic acids is 3. The number of phenolic OH excluding ortho intramolecular Hbond substituents is 1. The van der Waals surface area contributed by atoms with Gasteiger partial charge in [-0.15, -0.1) is 0 Å². The van der Waals surface area contributed by atoms with E-state index in [0.717, 1.165) is 0 Å². The highest BCUT2D eigenvalue weighted by atomic mass is 16.3. The molecule has 1 aromatic rings. The fourth-order valence-electron chi connectivity index (χ4n) is 5.51. The molecule has 0 aliphatic heterocycles. The zero-order valence-corrected chi connectivity index (χ0v) is 17.7. The summed E-state index contributed by atoms with van der Waals surface area (Å²) >= 11 is 0. The van der Waals surface area contributed by atoms with E-state index >= 15 is 0 Å². The molecule has 0 saturated carbocycles. The number of fused-ring (bicyclic) bond motifs is 3. The average Bonchev–Trinajstić information content (AvgIpc) is 2.68. The Labute approximate surface area is 182 Å². The van der Waals surface area contributed by atoms with Gasteiger partial charge in [0.25, 0.3) is 5.91 Å². The molecule has 3 aliphatic rings. The Bertz CT molecular complexity index is 1150. The zero-order valence-electron chi connectivity index (χ0n) is 17.7. The smallest absolute Gasteiger partial charge is 0.255 e. The fraction of sp³-hybridized carbons (Fsp3) is 0.409. The molecule has 170 valence electrons. The van der Waals surface area contributed by atoms with E-state index in [-0.39, 0.29) is 17.5 Å². The molecule has 7 N–H and O–H groups in total. The lowest BCUT2D eigenvalue weighted by Gasteiger charge is -2.52. The van der Waals surface area contributed by atoms with Gasteiger partial charge < -0.3 is 31.3 Å². The number of hydrogen-bond donors (Lipinski definition) is 6. The number of aliphatic hydroxyl groups is 4. The summed E-state index contributed by atoms with van der Waals surface area (Å²) < 4.78 is 0. The molecule has 1 amide bonds. The first kappa shape index (κ1) is 22.0. The summed E-state index contributed by atoms with van der Waals surface area (Å²) in [6.07, 6.45) is -0.200. The summed E-state index contributed by atoms with van der Waals surface area (Å²) in [5.74, 6) is -7.89. The van der Waals surface area contributed by atoms with E-state index in [0.29, 0.717) is 0 Å². The maximum absolute atomic E-state index is 13.3. The number of benzene rings is 1. The molecule has 0 aromatic heterocycles. The molecule has 4 rings (SSSR count). The van der Waals surface area contributed by atoms with Gasteiger partial charge in [0.1, 0.15) is 22.8 Å². The van der Waals surface area contributed by atoms with Crippen LogP contribution in [0.2, 0.25) is 0 Å². The highest BCUT2D eigenvalue weighted by molar-refractivity contribution is 6.24. The van der Waals surface area contributed by atoms with Crippen LogP contribution in [0, 0.1) is 11.8 Å². The van der Waals surface area contributed by atoms with Gasteiger partial charge >= 0.3 is 0 Å². The average molecular weight is 444 g/mol. The second-order valence-corrected chi connectivity index (χ2v) is 8.96. The predicted octanol–water partition coefficient (Wildman–Crippen LogP) is -0.214. The van der Waals surface area contributed by atoms with Crippen molar-refractivity contribution in [1.29, 1.82) is 0 Å². The van der Waals surface area contributed by atoms with Crippen molar-refractivity contribution in [1.82, 2.24) is 4.90 Å². The van der Waals surface area contributed by atoms with E-state index in [1.807, 2.05) is 0 Å². The molecule has 1 aromatic carbocycles. The molecule has 4 unspecified atom stereocenters. The number of Topliss-reactive ketones (excluding diaryl/α,β-unsaturated/α-hetero) is 2. The Balaban J connectivity index is 2.05. The third kappa shape index (κ3) is 2.48. The summed E-state index contributed by atoms with van der Waals surface area (Å²) in [4.78, 5) is 39.9. The maximum Gasteiger partial charge on any atom is 0.255 e. The molecule has 0 radical (unpaired) electrons. The van der Waals surface area contributed by atoms with Crippen molar-refractivity contribution >= 4 is 17.5 Å². The minimum Gasteiger partial charge on any atom is -0.510 e. The van der Waals surface area contributed by atoms with Crippen LogP contribution in [-0.2, 0) is 15.2 Å². The minimum atomic E-state index is -2.75. The van der Waals surface area contributed by atoms with Crippen molar-refractivity contribution < 1.29 is 39.9 Å². The number of primary amides is 1.